The standard InChI is InChI=1S/C19H21N3O3S/c1-12-6-7-15(24-3)14(11-12)13(2)20-17(23)8-9-18-21-19(22-25-18)16-5-4-10-26-16/h4-7,10-11,13H,8-9H2,1-3H3,(H,20,23). The van der Waals surface area contributed by atoms with Gasteiger partial charge in [0.2, 0.25) is 17.6 Å². The van der Waals surface area contributed by atoms with Crippen LogP contribution in [0.3, 0.4) is 0 Å². The summed E-state index contributed by atoms with van der Waals surface area (Å²) in [7, 11) is 1.63. The molecule has 3 rings (SSSR count). The first-order chi connectivity index (χ1) is 12.6. The predicted octanol–water partition coefficient (Wildman–Crippen LogP) is 3.93. The molecule has 2 heterocycles. The van der Waals surface area contributed by atoms with Crippen molar-refractivity contribution < 1.29 is 14.1 Å². The summed E-state index contributed by atoms with van der Waals surface area (Å²) in [4.78, 5) is 17.6. The van der Waals surface area contributed by atoms with Crippen molar-refractivity contribution >= 4 is 17.2 Å². The number of hydrogen-bond donors (Lipinski definition) is 1. The van der Waals surface area contributed by atoms with Crippen LogP contribution in [0, 0.1) is 6.92 Å². The van der Waals surface area contributed by atoms with Crippen LogP contribution in [0.1, 0.15) is 36.4 Å². The topological polar surface area (TPSA) is 77.2 Å². The first-order valence-electron chi connectivity index (χ1n) is 8.37. The number of aryl methyl sites for hydroxylation is 2. The molecule has 0 bridgehead atoms. The average Bonchev–Trinajstić information content (AvgIpc) is 3.31. The van der Waals surface area contributed by atoms with E-state index in [4.69, 9.17) is 9.26 Å². The molecule has 7 heteroatoms. The number of rotatable bonds is 7. The van der Waals surface area contributed by atoms with E-state index in [1.165, 1.54) is 0 Å². The largest absolute Gasteiger partial charge is 0.496 e. The predicted molar refractivity (Wildman–Crippen MR) is 100 cm³/mol. The Kier molecular flexibility index (Phi) is 5.68. The molecular weight excluding hydrogens is 350 g/mol. The Morgan fingerprint density at radius 2 is 2.23 bits per heavy atom. The number of carbonyl (C=O) groups is 1. The van der Waals surface area contributed by atoms with E-state index in [1.54, 1.807) is 18.4 Å². The van der Waals surface area contributed by atoms with E-state index >= 15 is 0 Å². The minimum absolute atomic E-state index is 0.0723. The maximum Gasteiger partial charge on any atom is 0.227 e. The van der Waals surface area contributed by atoms with Gasteiger partial charge in [-0.2, -0.15) is 4.98 Å². The van der Waals surface area contributed by atoms with Crippen LogP contribution in [0.2, 0.25) is 0 Å². The van der Waals surface area contributed by atoms with Crippen molar-refractivity contribution in [2.24, 2.45) is 0 Å². The lowest BCUT2D eigenvalue weighted by molar-refractivity contribution is -0.121. The molecule has 0 spiro atoms. The van der Waals surface area contributed by atoms with Gasteiger partial charge in [-0.15, -0.1) is 11.3 Å². The maximum absolute atomic E-state index is 12.3. The van der Waals surface area contributed by atoms with Crippen molar-refractivity contribution in [2.75, 3.05) is 7.11 Å². The lowest BCUT2D eigenvalue weighted by Gasteiger charge is -2.17. The van der Waals surface area contributed by atoms with Gasteiger partial charge < -0.3 is 14.6 Å². The maximum atomic E-state index is 12.3. The monoisotopic (exact) mass is 371 g/mol. The normalized spacial score (nSPS) is 12.0. The van der Waals surface area contributed by atoms with Crippen molar-refractivity contribution in [3.63, 3.8) is 0 Å². The van der Waals surface area contributed by atoms with Crippen LogP contribution in [-0.2, 0) is 11.2 Å². The fraction of sp³-hybridized carbons (Fsp3) is 0.316. The number of amides is 1. The van der Waals surface area contributed by atoms with Crippen LogP contribution in [0.4, 0.5) is 0 Å². The van der Waals surface area contributed by atoms with Crippen LogP contribution in [0.25, 0.3) is 10.7 Å². The van der Waals surface area contributed by atoms with Crippen molar-refractivity contribution in [3.05, 3.63) is 52.7 Å². The van der Waals surface area contributed by atoms with Gasteiger partial charge in [0.05, 0.1) is 18.0 Å². The fourth-order valence-electron chi connectivity index (χ4n) is 2.67. The van der Waals surface area contributed by atoms with Crippen LogP contribution in [0.5, 0.6) is 5.75 Å². The summed E-state index contributed by atoms with van der Waals surface area (Å²) in [6.07, 6.45) is 0.687. The zero-order valence-electron chi connectivity index (χ0n) is 15.0. The molecule has 3 aromatic rings. The lowest BCUT2D eigenvalue weighted by Crippen LogP contribution is -2.27. The number of methoxy groups -OCH3 is 1. The SMILES string of the molecule is COc1ccc(C)cc1C(C)NC(=O)CCc1nc(-c2cccs2)no1. The molecule has 0 radical (unpaired) electrons. The van der Waals surface area contributed by atoms with E-state index in [-0.39, 0.29) is 18.4 Å². The smallest absolute Gasteiger partial charge is 0.227 e. The van der Waals surface area contributed by atoms with E-state index in [0.717, 1.165) is 21.8 Å². The van der Waals surface area contributed by atoms with Gasteiger partial charge in [0.15, 0.2) is 0 Å². The Labute approximate surface area is 156 Å². The van der Waals surface area contributed by atoms with E-state index in [9.17, 15) is 4.79 Å². The molecule has 6 nitrogen and oxygen atoms in total. The molecule has 0 fully saturated rings. The molecule has 136 valence electrons. The van der Waals surface area contributed by atoms with Crippen LogP contribution in [-0.4, -0.2) is 23.2 Å². The summed E-state index contributed by atoms with van der Waals surface area (Å²) in [6, 6.07) is 9.64. The van der Waals surface area contributed by atoms with Gasteiger partial charge in [-0.1, -0.05) is 28.9 Å². The van der Waals surface area contributed by atoms with Gasteiger partial charge >= 0.3 is 0 Å². The third kappa shape index (κ3) is 4.29. The van der Waals surface area contributed by atoms with Gasteiger partial charge in [0.25, 0.3) is 0 Å². The molecular formula is C19H21N3O3S. The second kappa shape index (κ2) is 8.14. The zero-order valence-corrected chi connectivity index (χ0v) is 15.8. The second-order valence-corrected chi connectivity index (χ2v) is 6.97. The van der Waals surface area contributed by atoms with Gasteiger partial charge in [0, 0.05) is 18.4 Å². The number of aromatic nitrogens is 2. The van der Waals surface area contributed by atoms with Gasteiger partial charge in [-0.05, 0) is 31.4 Å². The highest BCUT2D eigenvalue weighted by atomic mass is 32.1. The fourth-order valence-corrected chi connectivity index (χ4v) is 3.32. The third-order valence-corrected chi connectivity index (χ3v) is 4.87. The van der Waals surface area contributed by atoms with Crippen LogP contribution >= 0.6 is 11.3 Å². The highest BCUT2D eigenvalue weighted by Crippen LogP contribution is 2.26. The number of hydrogen-bond acceptors (Lipinski definition) is 6. The van der Waals surface area contributed by atoms with Gasteiger partial charge in [0.1, 0.15) is 5.75 Å². The molecule has 1 amide bonds. The second-order valence-electron chi connectivity index (χ2n) is 6.02. The number of thiophene rings is 1. The molecule has 26 heavy (non-hydrogen) atoms. The van der Waals surface area contributed by atoms with Gasteiger partial charge in [-0.25, -0.2) is 0 Å². The molecule has 0 saturated carbocycles. The Hall–Kier alpha value is -2.67. The number of benzene rings is 1. The van der Waals surface area contributed by atoms with Gasteiger partial charge in [-0.3, -0.25) is 4.79 Å². The summed E-state index contributed by atoms with van der Waals surface area (Å²) in [6.45, 7) is 3.95. The molecule has 0 aliphatic rings. The summed E-state index contributed by atoms with van der Waals surface area (Å²) in [5.41, 5.74) is 2.08. The highest BCUT2D eigenvalue weighted by Gasteiger charge is 2.16. The lowest BCUT2D eigenvalue weighted by atomic mass is 10.0. The van der Waals surface area contributed by atoms with Crippen LogP contribution < -0.4 is 10.1 Å². The summed E-state index contributed by atoms with van der Waals surface area (Å²) < 4.78 is 10.6. The number of nitrogens with one attached hydrogen (secondary N) is 1. The number of carbonyl (C=O) groups excluding carboxylic acids is 1. The zero-order chi connectivity index (χ0) is 18.5. The molecule has 1 atom stereocenters. The van der Waals surface area contributed by atoms with Crippen LogP contribution in [0.15, 0.2) is 40.2 Å². The van der Waals surface area contributed by atoms with E-state index < -0.39 is 0 Å². The molecule has 1 unspecified atom stereocenters. The first kappa shape index (κ1) is 18.1. The highest BCUT2D eigenvalue weighted by molar-refractivity contribution is 7.13. The van der Waals surface area contributed by atoms with Crippen molar-refractivity contribution in [1.82, 2.24) is 15.5 Å². The molecule has 1 N–H and O–H groups in total. The van der Waals surface area contributed by atoms with E-state index in [1.807, 2.05) is 49.6 Å². The van der Waals surface area contributed by atoms with E-state index in [0.29, 0.717) is 18.1 Å². The Morgan fingerprint density at radius 1 is 1.38 bits per heavy atom. The van der Waals surface area contributed by atoms with Crippen molar-refractivity contribution in [1.29, 1.82) is 0 Å². The molecule has 0 aliphatic heterocycles. The summed E-state index contributed by atoms with van der Waals surface area (Å²) in [5, 5.41) is 8.91. The van der Waals surface area contributed by atoms with E-state index in [2.05, 4.69) is 15.5 Å². The molecule has 2 aromatic heterocycles. The number of ether oxygens (including phenoxy) is 1. The summed E-state index contributed by atoms with van der Waals surface area (Å²) in [5.74, 6) is 1.72. The van der Waals surface area contributed by atoms with Crippen molar-refractivity contribution in [2.45, 2.75) is 32.7 Å². The Balaban J connectivity index is 1.57. The minimum atomic E-state index is -0.151. The Bertz CT molecular complexity index is 874. The van der Waals surface area contributed by atoms with Crippen molar-refractivity contribution in [3.8, 4) is 16.5 Å². The first-order valence-corrected chi connectivity index (χ1v) is 9.25. The number of nitrogens with zero attached hydrogens (tertiary/aromatic N) is 2. The minimum Gasteiger partial charge on any atom is -0.496 e. The summed E-state index contributed by atoms with van der Waals surface area (Å²) >= 11 is 1.55. The molecule has 0 aliphatic carbocycles. The average molecular weight is 371 g/mol. The quantitative estimate of drug-likeness (QED) is 0.681. The molecule has 1 aromatic carbocycles. The third-order valence-electron chi connectivity index (χ3n) is 4.00. The Morgan fingerprint density at radius 3 is 2.96 bits per heavy atom. The molecule has 0 saturated heterocycles.